The van der Waals surface area contributed by atoms with E-state index in [0.717, 1.165) is 5.56 Å². The molecule has 1 amide bonds. The molecule has 126 valence electrons. The van der Waals surface area contributed by atoms with E-state index in [0.29, 0.717) is 34.9 Å². The SMILES string of the molecule is Cc1cc(N2CCCS2(=O)=O)ccc1NC(=O)c1cccc(Cl)c1. The molecule has 1 aliphatic heterocycles. The molecule has 2 aromatic carbocycles. The fourth-order valence-electron chi connectivity index (χ4n) is 2.70. The third kappa shape index (κ3) is 3.39. The topological polar surface area (TPSA) is 66.5 Å². The molecule has 0 atom stereocenters. The number of benzene rings is 2. The molecule has 0 unspecified atom stereocenters. The molecule has 2 aromatic rings. The van der Waals surface area contributed by atoms with E-state index in [1.54, 1.807) is 42.5 Å². The summed E-state index contributed by atoms with van der Waals surface area (Å²) >= 11 is 5.90. The Bertz CT molecular complexity index is 896. The summed E-state index contributed by atoms with van der Waals surface area (Å²) in [7, 11) is -3.21. The lowest BCUT2D eigenvalue weighted by Gasteiger charge is -2.18. The van der Waals surface area contributed by atoms with Gasteiger partial charge in [-0.1, -0.05) is 17.7 Å². The van der Waals surface area contributed by atoms with Gasteiger partial charge in [0.15, 0.2) is 0 Å². The highest BCUT2D eigenvalue weighted by Gasteiger charge is 2.28. The molecule has 1 heterocycles. The standard InChI is InChI=1S/C17H17ClN2O3S/c1-12-10-15(20-8-3-9-24(20,22)23)6-7-16(12)19-17(21)13-4-2-5-14(18)11-13/h2,4-7,10-11H,3,8-9H2,1H3,(H,19,21). The van der Waals surface area contributed by atoms with Gasteiger partial charge in [-0.15, -0.1) is 0 Å². The van der Waals surface area contributed by atoms with Crippen molar-refractivity contribution in [1.29, 1.82) is 0 Å². The van der Waals surface area contributed by atoms with E-state index in [2.05, 4.69) is 5.32 Å². The van der Waals surface area contributed by atoms with Gasteiger partial charge in [-0.25, -0.2) is 8.42 Å². The number of nitrogens with one attached hydrogen (secondary N) is 1. The van der Waals surface area contributed by atoms with Gasteiger partial charge in [0.25, 0.3) is 5.91 Å². The average molecular weight is 365 g/mol. The lowest BCUT2D eigenvalue weighted by molar-refractivity contribution is 0.102. The molecule has 0 spiro atoms. The molecule has 1 N–H and O–H groups in total. The Labute approximate surface area is 146 Å². The quantitative estimate of drug-likeness (QED) is 0.907. The van der Waals surface area contributed by atoms with Crippen molar-refractivity contribution in [3.8, 4) is 0 Å². The number of anilines is 2. The zero-order valence-electron chi connectivity index (χ0n) is 13.1. The molecule has 0 saturated carbocycles. The summed E-state index contributed by atoms with van der Waals surface area (Å²) in [6.45, 7) is 2.33. The highest BCUT2D eigenvalue weighted by molar-refractivity contribution is 7.93. The Hall–Kier alpha value is -2.05. The third-order valence-electron chi connectivity index (χ3n) is 3.93. The molecule has 3 rings (SSSR count). The Kier molecular flexibility index (Phi) is 4.51. The van der Waals surface area contributed by atoms with E-state index >= 15 is 0 Å². The summed E-state index contributed by atoms with van der Waals surface area (Å²) in [6, 6.07) is 11.9. The van der Waals surface area contributed by atoms with Gasteiger partial charge >= 0.3 is 0 Å². The molecule has 24 heavy (non-hydrogen) atoms. The number of halogens is 1. The van der Waals surface area contributed by atoms with Gasteiger partial charge in [0.05, 0.1) is 11.4 Å². The van der Waals surface area contributed by atoms with Crippen LogP contribution in [-0.4, -0.2) is 26.6 Å². The fraction of sp³-hybridized carbons (Fsp3) is 0.235. The first-order valence-electron chi connectivity index (χ1n) is 7.55. The predicted molar refractivity (Wildman–Crippen MR) is 96.3 cm³/mol. The number of rotatable bonds is 3. The van der Waals surface area contributed by atoms with Gasteiger partial charge in [-0.2, -0.15) is 0 Å². The van der Waals surface area contributed by atoms with Crippen LogP contribution in [0.2, 0.25) is 5.02 Å². The van der Waals surface area contributed by atoms with Crippen molar-refractivity contribution in [2.24, 2.45) is 0 Å². The largest absolute Gasteiger partial charge is 0.322 e. The first-order valence-corrected chi connectivity index (χ1v) is 9.53. The van der Waals surface area contributed by atoms with E-state index in [4.69, 9.17) is 11.6 Å². The van der Waals surface area contributed by atoms with Crippen LogP contribution in [0.5, 0.6) is 0 Å². The molecule has 0 aromatic heterocycles. The number of amides is 1. The monoisotopic (exact) mass is 364 g/mol. The van der Waals surface area contributed by atoms with Crippen molar-refractivity contribution in [2.45, 2.75) is 13.3 Å². The van der Waals surface area contributed by atoms with Crippen molar-refractivity contribution in [2.75, 3.05) is 21.9 Å². The molecule has 0 aliphatic carbocycles. The van der Waals surface area contributed by atoms with Crippen LogP contribution >= 0.6 is 11.6 Å². The van der Waals surface area contributed by atoms with Crippen LogP contribution in [0.15, 0.2) is 42.5 Å². The third-order valence-corrected chi connectivity index (χ3v) is 6.04. The summed E-state index contributed by atoms with van der Waals surface area (Å²) in [5, 5.41) is 3.32. The maximum absolute atomic E-state index is 12.3. The van der Waals surface area contributed by atoms with Gasteiger partial charge in [0, 0.05) is 22.8 Å². The molecule has 1 fully saturated rings. The number of carbonyl (C=O) groups is 1. The maximum Gasteiger partial charge on any atom is 0.255 e. The highest BCUT2D eigenvalue weighted by atomic mass is 35.5. The summed E-state index contributed by atoms with van der Waals surface area (Å²) in [5.74, 6) is -0.0820. The Morgan fingerprint density at radius 2 is 2.00 bits per heavy atom. The molecule has 1 aliphatic rings. The van der Waals surface area contributed by atoms with Gasteiger partial charge in [-0.05, 0) is 55.3 Å². The predicted octanol–water partition coefficient (Wildman–Crippen LogP) is 3.44. The zero-order valence-corrected chi connectivity index (χ0v) is 14.7. The summed E-state index contributed by atoms with van der Waals surface area (Å²) in [5.41, 5.74) is 2.53. The van der Waals surface area contributed by atoms with Crippen LogP contribution in [-0.2, 0) is 10.0 Å². The number of carbonyl (C=O) groups excluding carboxylic acids is 1. The van der Waals surface area contributed by atoms with Crippen LogP contribution in [0.3, 0.4) is 0 Å². The molecule has 0 bridgehead atoms. The zero-order chi connectivity index (χ0) is 17.3. The number of nitrogens with zero attached hydrogens (tertiary/aromatic N) is 1. The van der Waals surface area contributed by atoms with E-state index in [1.165, 1.54) is 4.31 Å². The van der Waals surface area contributed by atoms with Crippen molar-refractivity contribution in [1.82, 2.24) is 0 Å². The minimum atomic E-state index is -3.21. The Morgan fingerprint density at radius 3 is 2.62 bits per heavy atom. The minimum absolute atomic E-state index is 0.180. The van der Waals surface area contributed by atoms with Crippen molar-refractivity contribution >= 4 is 38.9 Å². The number of sulfonamides is 1. The Morgan fingerprint density at radius 1 is 1.21 bits per heavy atom. The van der Waals surface area contributed by atoms with E-state index in [1.807, 2.05) is 6.92 Å². The highest BCUT2D eigenvalue weighted by Crippen LogP contribution is 2.28. The molecular formula is C17H17ClN2O3S. The summed E-state index contributed by atoms with van der Waals surface area (Å²) in [4.78, 5) is 12.3. The van der Waals surface area contributed by atoms with Crippen LogP contribution in [0.4, 0.5) is 11.4 Å². The number of hydrogen-bond donors (Lipinski definition) is 1. The first kappa shape index (κ1) is 16.8. The van der Waals surface area contributed by atoms with Gasteiger partial charge in [-0.3, -0.25) is 9.10 Å². The minimum Gasteiger partial charge on any atom is -0.322 e. The van der Waals surface area contributed by atoms with Crippen molar-refractivity contribution in [3.05, 3.63) is 58.6 Å². The molecular weight excluding hydrogens is 348 g/mol. The van der Waals surface area contributed by atoms with E-state index in [9.17, 15) is 13.2 Å². The first-order chi connectivity index (χ1) is 11.4. The molecule has 5 nitrogen and oxygen atoms in total. The average Bonchev–Trinajstić information content (AvgIpc) is 2.88. The fourth-order valence-corrected chi connectivity index (χ4v) is 4.44. The lowest BCUT2D eigenvalue weighted by Crippen LogP contribution is -2.25. The van der Waals surface area contributed by atoms with Crippen molar-refractivity contribution in [3.63, 3.8) is 0 Å². The second-order valence-corrected chi connectivity index (χ2v) is 8.15. The van der Waals surface area contributed by atoms with Crippen LogP contribution < -0.4 is 9.62 Å². The Balaban J connectivity index is 1.82. The number of aryl methyl sites for hydroxylation is 1. The van der Waals surface area contributed by atoms with E-state index < -0.39 is 10.0 Å². The maximum atomic E-state index is 12.3. The van der Waals surface area contributed by atoms with Crippen LogP contribution in [0.1, 0.15) is 22.3 Å². The normalized spacial score (nSPS) is 16.2. The van der Waals surface area contributed by atoms with Crippen molar-refractivity contribution < 1.29 is 13.2 Å². The second-order valence-electron chi connectivity index (χ2n) is 5.71. The van der Waals surface area contributed by atoms with Gasteiger partial charge < -0.3 is 5.32 Å². The lowest BCUT2D eigenvalue weighted by atomic mass is 10.1. The second kappa shape index (κ2) is 6.45. The molecule has 1 saturated heterocycles. The molecule has 0 radical (unpaired) electrons. The number of hydrogen-bond acceptors (Lipinski definition) is 3. The van der Waals surface area contributed by atoms with Gasteiger partial charge in [0.1, 0.15) is 0 Å². The van der Waals surface area contributed by atoms with Crippen LogP contribution in [0.25, 0.3) is 0 Å². The summed E-state index contributed by atoms with van der Waals surface area (Å²) < 4.78 is 25.4. The molecule has 7 heteroatoms. The summed E-state index contributed by atoms with van der Waals surface area (Å²) in [6.07, 6.45) is 0.634. The van der Waals surface area contributed by atoms with Gasteiger partial charge in [0.2, 0.25) is 10.0 Å². The van der Waals surface area contributed by atoms with E-state index in [-0.39, 0.29) is 11.7 Å². The van der Waals surface area contributed by atoms with Crippen LogP contribution in [0, 0.1) is 6.92 Å². The smallest absolute Gasteiger partial charge is 0.255 e.